The van der Waals surface area contributed by atoms with Crippen molar-refractivity contribution in [3.05, 3.63) is 41.3 Å². The van der Waals surface area contributed by atoms with Crippen LogP contribution in [0.3, 0.4) is 0 Å². The van der Waals surface area contributed by atoms with Crippen molar-refractivity contribution in [1.29, 1.82) is 0 Å². The van der Waals surface area contributed by atoms with Gasteiger partial charge < -0.3 is 9.47 Å². The predicted octanol–water partition coefficient (Wildman–Crippen LogP) is 3.86. The molecule has 1 atom stereocenters. The Hall–Kier alpha value is -1.62. The molecule has 0 radical (unpaired) electrons. The summed E-state index contributed by atoms with van der Waals surface area (Å²) in [4.78, 5) is 10.8. The molecule has 0 unspecified atom stereocenters. The number of rotatable bonds is 4. The van der Waals surface area contributed by atoms with Crippen LogP contribution in [0.5, 0.6) is 0 Å². The number of hydrogen-bond donors (Lipinski definition) is 0. The first-order chi connectivity index (χ1) is 11.2. The smallest absolute Gasteiger partial charge is 0.167 e. The average Bonchev–Trinajstić information content (AvgIpc) is 3.23. The van der Waals surface area contributed by atoms with Gasteiger partial charge in [0.25, 0.3) is 0 Å². The van der Waals surface area contributed by atoms with E-state index >= 15 is 0 Å². The molecule has 4 rings (SSSR count). The van der Waals surface area contributed by atoms with Crippen molar-refractivity contribution < 1.29 is 4.39 Å². The van der Waals surface area contributed by atoms with Crippen LogP contribution in [-0.2, 0) is 6.54 Å². The minimum Gasteiger partial charge on any atom is -0.353 e. The Morgan fingerprint density at radius 2 is 2.13 bits per heavy atom. The van der Waals surface area contributed by atoms with Gasteiger partial charge in [-0.2, -0.15) is 0 Å². The Balaban J connectivity index is 1.53. The summed E-state index contributed by atoms with van der Waals surface area (Å²) in [7, 11) is 0. The molecule has 4 nitrogen and oxygen atoms in total. The SMILES string of the molecule is Fc1cc(Cl)cnc1N1CCC[C@H](c2nccn2CC2CC2)C1. The van der Waals surface area contributed by atoms with E-state index < -0.39 is 0 Å². The molecule has 0 spiro atoms. The summed E-state index contributed by atoms with van der Waals surface area (Å²) in [5, 5.41) is 0.333. The minimum atomic E-state index is -0.348. The molecule has 2 aromatic heterocycles. The fourth-order valence-electron chi connectivity index (χ4n) is 3.43. The monoisotopic (exact) mass is 334 g/mol. The summed E-state index contributed by atoms with van der Waals surface area (Å²) in [5.74, 6) is 2.34. The highest BCUT2D eigenvalue weighted by Crippen LogP contribution is 2.34. The fraction of sp³-hybridized carbons (Fsp3) is 0.529. The summed E-state index contributed by atoms with van der Waals surface area (Å²) in [6.45, 7) is 2.65. The first kappa shape index (κ1) is 14.9. The van der Waals surface area contributed by atoms with Crippen molar-refractivity contribution in [3.8, 4) is 0 Å². The second-order valence-corrected chi connectivity index (χ2v) is 7.06. The van der Waals surface area contributed by atoms with E-state index in [4.69, 9.17) is 11.6 Å². The number of halogens is 2. The van der Waals surface area contributed by atoms with Crippen LogP contribution >= 0.6 is 11.6 Å². The van der Waals surface area contributed by atoms with Gasteiger partial charge in [-0.25, -0.2) is 14.4 Å². The topological polar surface area (TPSA) is 34.0 Å². The second-order valence-electron chi connectivity index (χ2n) is 6.63. The van der Waals surface area contributed by atoms with E-state index in [1.807, 2.05) is 11.1 Å². The molecule has 23 heavy (non-hydrogen) atoms. The molecule has 6 heteroatoms. The summed E-state index contributed by atoms with van der Waals surface area (Å²) < 4.78 is 16.4. The van der Waals surface area contributed by atoms with Crippen molar-refractivity contribution in [3.63, 3.8) is 0 Å². The van der Waals surface area contributed by atoms with Crippen LogP contribution in [0.25, 0.3) is 0 Å². The number of anilines is 1. The predicted molar refractivity (Wildman–Crippen MR) is 88.3 cm³/mol. The summed E-state index contributed by atoms with van der Waals surface area (Å²) in [5.41, 5.74) is 0. The van der Waals surface area contributed by atoms with Crippen molar-refractivity contribution >= 4 is 17.4 Å². The molecule has 0 N–H and O–H groups in total. The number of hydrogen-bond acceptors (Lipinski definition) is 3. The van der Waals surface area contributed by atoms with E-state index in [1.165, 1.54) is 25.1 Å². The van der Waals surface area contributed by atoms with Gasteiger partial charge in [-0.05, 0) is 37.7 Å². The third-order valence-electron chi connectivity index (χ3n) is 4.77. The lowest BCUT2D eigenvalue weighted by Crippen LogP contribution is -2.36. The highest BCUT2D eigenvalue weighted by atomic mass is 35.5. The molecule has 0 amide bonds. The highest BCUT2D eigenvalue weighted by Gasteiger charge is 2.29. The molecule has 122 valence electrons. The molecule has 3 heterocycles. The lowest BCUT2D eigenvalue weighted by atomic mass is 9.97. The molecular formula is C17H20ClFN4. The molecule has 0 bridgehead atoms. The summed E-state index contributed by atoms with van der Waals surface area (Å²) >= 11 is 5.81. The molecule has 1 aliphatic carbocycles. The van der Waals surface area contributed by atoms with Crippen LogP contribution in [0.4, 0.5) is 10.2 Å². The number of pyridine rings is 1. The number of piperidine rings is 1. The van der Waals surface area contributed by atoms with E-state index in [-0.39, 0.29) is 5.82 Å². The Morgan fingerprint density at radius 1 is 1.26 bits per heavy atom. The Kier molecular flexibility index (Phi) is 3.97. The zero-order chi connectivity index (χ0) is 15.8. The van der Waals surface area contributed by atoms with Crippen LogP contribution in [0.15, 0.2) is 24.7 Å². The molecule has 1 saturated heterocycles. The first-order valence-electron chi connectivity index (χ1n) is 8.27. The maximum Gasteiger partial charge on any atom is 0.167 e. The van der Waals surface area contributed by atoms with Crippen LogP contribution < -0.4 is 4.90 Å². The molecular weight excluding hydrogens is 315 g/mol. The molecule has 1 aliphatic heterocycles. The molecule has 1 saturated carbocycles. The zero-order valence-electron chi connectivity index (χ0n) is 13.0. The maximum absolute atomic E-state index is 14.2. The van der Waals surface area contributed by atoms with Crippen molar-refractivity contribution in [1.82, 2.24) is 14.5 Å². The Labute approximate surface area is 140 Å². The minimum absolute atomic E-state index is 0.328. The Morgan fingerprint density at radius 3 is 2.91 bits per heavy atom. The van der Waals surface area contributed by atoms with Crippen LogP contribution in [0.1, 0.15) is 37.4 Å². The van der Waals surface area contributed by atoms with E-state index in [0.29, 0.717) is 16.8 Å². The van der Waals surface area contributed by atoms with Crippen molar-refractivity contribution in [2.75, 3.05) is 18.0 Å². The van der Waals surface area contributed by atoms with Gasteiger partial charge in [0.2, 0.25) is 0 Å². The number of imidazole rings is 1. The van der Waals surface area contributed by atoms with Crippen LogP contribution in [0, 0.1) is 11.7 Å². The van der Waals surface area contributed by atoms with E-state index in [1.54, 1.807) is 0 Å². The van der Waals surface area contributed by atoms with Gasteiger partial charge in [0.05, 0.1) is 5.02 Å². The van der Waals surface area contributed by atoms with Crippen LogP contribution in [0.2, 0.25) is 5.02 Å². The van der Waals surface area contributed by atoms with Gasteiger partial charge >= 0.3 is 0 Å². The normalized spacial score (nSPS) is 21.7. The Bertz CT molecular complexity index is 698. The molecule has 0 aromatic carbocycles. The van der Waals surface area contributed by atoms with Gasteiger partial charge in [-0.1, -0.05) is 11.6 Å². The van der Waals surface area contributed by atoms with Crippen molar-refractivity contribution in [2.24, 2.45) is 5.92 Å². The standard InChI is InChI=1S/C17H20ClFN4/c18-14-8-15(19)17(21-9-14)22-6-1-2-13(11-22)16-20-5-7-23(16)10-12-3-4-12/h5,7-9,12-13H,1-4,6,10-11H2/t13-/m0/s1. The highest BCUT2D eigenvalue weighted by molar-refractivity contribution is 6.30. The summed E-state index contributed by atoms with van der Waals surface area (Å²) in [6, 6.07) is 1.33. The van der Waals surface area contributed by atoms with Gasteiger partial charge in [-0.3, -0.25) is 0 Å². The number of nitrogens with zero attached hydrogens (tertiary/aromatic N) is 4. The van der Waals surface area contributed by atoms with E-state index in [0.717, 1.165) is 44.2 Å². The molecule has 2 aromatic rings. The largest absolute Gasteiger partial charge is 0.353 e. The first-order valence-corrected chi connectivity index (χ1v) is 8.65. The van der Waals surface area contributed by atoms with Crippen molar-refractivity contribution in [2.45, 2.75) is 38.1 Å². The third kappa shape index (κ3) is 3.20. The van der Waals surface area contributed by atoms with Gasteiger partial charge in [0.1, 0.15) is 5.82 Å². The van der Waals surface area contributed by atoms with Gasteiger partial charge in [-0.15, -0.1) is 0 Å². The van der Waals surface area contributed by atoms with Gasteiger partial charge in [0.15, 0.2) is 11.6 Å². The summed E-state index contributed by atoms with van der Waals surface area (Å²) in [6.07, 6.45) is 10.2. The quantitative estimate of drug-likeness (QED) is 0.851. The maximum atomic E-state index is 14.2. The molecule has 2 fully saturated rings. The van der Waals surface area contributed by atoms with Crippen LogP contribution in [-0.4, -0.2) is 27.6 Å². The van der Waals surface area contributed by atoms with E-state index in [9.17, 15) is 4.39 Å². The lowest BCUT2D eigenvalue weighted by molar-refractivity contribution is 0.456. The molecule has 2 aliphatic rings. The number of aromatic nitrogens is 3. The zero-order valence-corrected chi connectivity index (χ0v) is 13.7. The van der Waals surface area contributed by atoms with Gasteiger partial charge in [0, 0.05) is 44.1 Å². The average molecular weight is 335 g/mol. The third-order valence-corrected chi connectivity index (χ3v) is 4.98. The fourth-order valence-corrected chi connectivity index (χ4v) is 3.58. The second kappa shape index (κ2) is 6.11. The van der Waals surface area contributed by atoms with E-state index in [2.05, 4.69) is 20.7 Å². The lowest BCUT2D eigenvalue weighted by Gasteiger charge is -2.33.